The first-order valence-corrected chi connectivity index (χ1v) is 13.8. The van der Waals surface area contributed by atoms with Gasteiger partial charge in [0.25, 0.3) is 11.8 Å². The average molecular weight is 661 g/mol. The van der Waals surface area contributed by atoms with Crippen LogP contribution in [0.25, 0.3) is 0 Å². The number of halogens is 3. The summed E-state index contributed by atoms with van der Waals surface area (Å²) in [5.74, 6) is -4.50. The zero-order chi connectivity index (χ0) is 27.4. The van der Waals surface area contributed by atoms with Crippen LogP contribution < -0.4 is 4.74 Å². The lowest BCUT2D eigenvalue weighted by molar-refractivity contribution is -0.146. The van der Waals surface area contributed by atoms with E-state index in [0.29, 0.717) is 21.1 Å². The van der Waals surface area contributed by atoms with E-state index >= 15 is 0 Å². The van der Waals surface area contributed by atoms with Gasteiger partial charge in [0.05, 0.1) is 22.5 Å². The molecule has 0 spiro atoms. The summed E-state index contributed by atoms with van der Waals surface area (Å²) in [5, 5.41) is 10.5. The van der Waals surface area contributed by atoms with Crippen LogP contribution in [0.2, 0.25) is 0 Å². The minimum atomic E-state index is -1.88. The topological polar surface area (TPSA) is 104 Å². The lowest BCUT2D eigenvalue weighted by atomic mass is 9.56. The van der Waals surface area contributed by atoms with Gasteiger partial charge in [0.2, 0.25) is 11.8 Å². The van der Waals surface area contributed by atoms with E-state index in [1.165, 1.54) is 19.1 Å². The van der Waals surface area contributed by atoms with E-state index in [1.807, 2.05) is 49.4 Å². The molecule has 4 aliphatic rings. The summed E-state index contributed by atoms with van der Waals surface area (Å²) in [6, 6.07) is 3.26. The number of fused-ring (bicyclic) bond motifs is 4. The van der Waals surface area contributed by atoms with Gasteiger partial charge in [-0.15, -0.1) is 23.2 Å². The molecule has 2 saturated heterocycles. The van der Waals surface area contributed by atoms with E-state index in [0.717, 1.165) is 4.90 Å². The fraction of sp³-hybridized carbons (Fsp3) is 0.538. The Balaban J connectivity index is 1.75. The molecule has 198 valence electrons. The number of methoxy groups -OCH3 is 1. The van der Waals surface area contributed by atoms with Gasteiger partial charge in [-0.05, 0) is 79.8 Å². The predicted molar refractivity (Wildman–Crippen MR) is 144 cm³/mol. The number of phenols is 1. The van der Waals surface area contributed by atoms with Gasteiger partial charge in [0.15, 0.2) is 21.2 Å². The molecule has 0 aromatic heterocycles. The molecular formula is C26H27Cl2IN2O6. The SMILES string of the molecule is COc1cc([C@H]2C3=CC[C@@H]4C(=O)N(C(C)(C)C)C(=O)[C@@H]4[C@@H]3C[C@@]3(Cl)C(=O)N(C)C(=O)[C@@]23Cl)cc(I)c1O. The predicted octanol–water partition coefficient (Wildman–Crippen LogP) is 3.79. The monoisotopic (exact) mass is 660 g/mol. The van der Waals surface area contributed by atoms with E-state index in [-0.39, 0.29) is 29.7 Å². The van der Waals surface area contributed by atoms with Gasteiger partial charge >= 0.3 is 0 Å². The molecule has 1 saturated carbocycles. The first-order valence-electron chi connectivity index (χ1n) is 12.0. The number of nitrogens with zero attached hydrogens (tertiary/aromatic N) is 2. The maximum Gasteiger partial charge on any atom is 0.253 e. The Morgan fingerprint density at radius 2 is 1.73 bits per heavy atom. The quantitative estimate of drug-likeness (QED) is 0.224. The van der Waals surface area contributed by atoms with E-state index in [2.05, 4.69) is 0 Å². The third-order valence-corrected chi connectivity index (χ3v) is 10.5. The number of phenolic OH excluding ortho intramolecular Hbond substituents is 1. The Morgan fingerprint density at radius 3 is 2.32 bits per heavy atom. The molecule has 2 heterocycles. The van der Waals surface area contributed by atoms with Gasteiger partial charge in [0.1, 0.15) is 0 Å². The van der Waals surface area contributed by atoms with Crippen molar-refractivity contribution in [2.24, 2.45) is 17.8 Å². The Morgan fingerprint density at radius 1 is 1.08 bits per heavy atom. The van der Waals surface area contributed by atoms with Crippen molar-refractivity contribution in [2.75, 3.05) is 14.2 Å². The van der Waals surface area contributed by atoms with E-state index in [4.69, 9.17) is 27.9 Å². The molecule has 37 heavy (non-hydrogen) atoms. The minimum absolute atomic E-state index is 0.0558. The summed E-state index contributed by atoms with van der Waals surface area (Å²) < 4.78 is 5.82. The van der Waals surface area contributed by atoms with Gasteiger partial charge in [0, 0.05) is 18.5 Å². The lowest BCUT2D eigenvalue weighted by Crippen LogP contribution is -2.60. The number of aromatic hydroxyl groups is 1. The van der Waals surface area contributed by atoms with Crippen molar-refractivity contribution in [3.8, 4) is 11.5 Å². The van der Waals surface area contributed by atoms with Crippen LogP contribution in [0, 0.1) is 21.3 Å². The number of carbonyl (C=O) groups is 4. The molecule has 8 nitrogen and oxygen atoms in total. The highest BCUT2D eigenvalue weighted by Gasteiger charge is 2.76. The number of hydrogen-bond acceptors (Lipinski definition) is 6. The number of carbonyl (C=O) groups excluding carboxylic acids is 4. The van der Waals surface area contributed by atoms with Gasteiger partial charge in [-0.3, -0.25) is 29.0 Å². The highest BCUT2D eigenvalue weighted by atomic mass is 127. The van der Waals surface area contributed by atoms with Crippen molar-refractivity contribution in [3.63, 3.8) is 0 Å². The lowest BCUT2D eigenvalue weighted by Gasteiger charge is -2.50. The van der Waals surface area contributed by atoms with Crippen LogP contribution in [0.15, 0.2) is 23.8 Å². The fourth-order valence-electron chi connectivity index (χ4n) is 6.70. The molecule has 0 radical (unpaired) electrons. The molecule has 0 unspecified atom stereocenters. The number of benzene rings is 1. The Bertz CT molecular complexity index is 1310. The molecule has 2 aliphatic carbocycles. The fourth-order valence-corrected chi connectivity index (χ4v) is 8.34. The number of allylic oxidation sites excluding steroid dienone is 2. The molecule has 1 aromatic carbocycles. The number of likely N-dealkylation sites (tertiary alicyclic amines) is 2. The smallest absolute Gasteiger partial charge is 0.253 e. The van der Waals surface area contributed by atoms with Crippen molar-refractivity contribution in [3.05, 3.63) is 32.9 Å². The summed E-state index contributed by atoms with van der Waals surface area (Å²) in [6.45, 7) is 5.43. The zero-order valence-corrected chi connectivity index (χ0v) is 24.6. The maximum absolute atomic E-state index is 13.8. The van der Waals surface area contributed by atoms with Crippen molar-refractivity contribution in [2.45, 2.75) is 54.8 Å². The van der Waals surface area contributed by atoms with Crippen molar-refractivity contribution >= 4 is 69.4 Å². The first-order chi connectivity index (χ1) is 17.1. The number of imide groups is 2. The summed E-state index contributed by atoms with van der Waals surface area (Å²) in [6.07, 6.45) is 2.13. The van der Waals surface area contributed by atoms with Gasteiger partial charge in [-0.2, -0.15) is 0 Å². The Kier molecular flexibility index (Phi) is 6.02. The van der Waals surface area contributed by atoms with Crippen LogP contribution >= 0.6 is 45.8 Å². The van der Waals surface area contributed by atoms with Crippen LogP contribution in [0.4, 0.5) is 0 Å². The number of amides is 4. The van der Waals surface area contributed by atoms with Crippen LogP contribution in [0.5, 0.6) is 11.5 Å². The second-order valence-corrected chi connectivity index (χ2v) is 13.6. The molecule has 3 fully saturated rings. The molecule has 11 heteroatoms. The molecule has 5 rings (SSSR count). The molecule has 1 aromatic rings. The minimum Gasteiger partial charge on any atom is -0.504 e. The van der Waals surface area contributed by atoms with Crippen LogP contribution in [-0.4, -0.2) is 68.0 Å². The molecule has 6 atom stereocenters. The largest absolute Gasteiger partial charge is 0.504 e. The standard InChI is InChI=1S/C26H27Cl2IN2O6/c1-24(2,3)31-20(33)13-7-6-12-14(17(13)21(31)34)10-25(27)22(35)30(4)23(36)26(25,28)18(12)11-8-15(29)19(32)16(9-11)37-5/h6,8-9,13-14,17-18,32H,7,10H2,1-5H3/t13-,14+,17-,18-,25+,26-/m0/s1. The number of ether oxygens (including phenoxy) is 1. The van der Waals surface area contributed by atoms with Crippen molar-refractivity contribution in [1.82, 2.24) is 9.80 Å². The molecule has 4 amide bonds. The molecule has 2 aliphatic heterocycles. The average Bonchev–Trinajstić information content (AvgIpc) is 3.16. The molecule has 1 N–H and O–H groups in total. The van der Waals surface area contributed by atoms with Crippen LogP contribution in [0.3, 0.4) is 0 Å². The second-order valence-electron chi connectivity index (χ2n) is 11.2. The number of hydrogen-bond donors (Lipinski definition) is 1. The summed E-state index contributed by atoms with van der Waals surface area (Å²) in [4.78, 5) is 52.8. The maximum atomic E-state index is 13.8. The molecular weight excluding hydrogens is 634 g/mol. The van der Waals surface area contributed by atoms with E-state index < -0.39 is 50.8 Å². The highest BCUT2D eigenvalue weighted by molar-refractivity contribution is 14.1. The van der Waals surface area contributed by atoms with Gasteiger partial charge < -0.3 is 9.84 Å². The number of alkyl halides is 2. The normalized spacial score (nSPS) is 35.4. The Labute approximate surface area is 238 Å². The second kappa shape index (κ2) is 8.32. The summed E-state index contributed by atoms with van der Waals surface area (Å²) in [7, 11) is 2.76. The van der Waals surface area contributed by atoms with Crippen LogP contribution in [-0.2, 0) is 19.2 Å². The summed E-state index contributed by atoms with van der Waals surface area (Å²) in [5.41, 5.74) is 0.507. The van der Waals surface area contributed by atoms with Crippen LogP contribution in [0.1, 0.15) is 45.1 Å². The first kappa shape index (κ1) is 26.7. The van der Waals surface area contributed by atoms with E-state index in [9.17, 15) is 24.3 Å². The van der Waals surface area contributed by atoms with Crippen molar-refractivity contribution < 1.29 is 29.0 Å². The number of rotatable bonds is 2. The van der Waals surface area contributed by atoms with Crippen molar-refractivity contribution in [1.29, 1.82) is 0 Å². The summed E-state index contributed by atoms with van der Waals surface area (Å²) >= 11 is 16.3. The zero-order valence-electron chi connectivity index (χ0n) is 21.0. The van der Waals surface area contributed by atoms with Gasteiger partial charge in [-0.1, -0.05) is 11.6 Å². The van der Waals surface area contributed by atoms with E-state index in [1.54, 1.807) is 12.1 Å². The molecule has 0 bridgehead atoms. The van der Waals surface area contributed by atoms with Gasteiger partial charge in [-0.25, -0.2) is 0 Å². The highest BCUT2D eigenvalue weighted by Crippen LogP contribution is 2.65. The third-order valence-electron chi connectivity index (χ3n) is 8.29. The third kappa shape index (κ3) is 3.32. The Hall–Kier alpha value is -1.85.